The van der Waals surface area contributed by atoms with Gasteiger partial charge in [-0.3, -0.25) is 14.7 Å². The second kappa shape index (κ2) is 6.17. The van der Waals surface area contributed by atoms with Crippen LogP contribution >= 0.6 is 0 Å². The Morgan fingerprint density at radius 3 is 2.64 bits per heavy atom. The number of hydrogen-bond acceptors (Lipinski definition) is 4. The first-order valence-electron chi connectivity index (χ1n) is 6.84. The molecule has 2 aromatic heterocycles. The van der Waals surface area contributed by atoms with Crippen LogP contribution in [0.5, 0.6) is 0 Å². The summed E-state index contributed by atoms with van der Waals surface area (Å²) in [5.41, 5.74) is 1.97. The fourth-order valence-corrected chi connectivity index (χ4v) is 2.20. The Morgan fingerprint density at radius 1 is 1.09 bits per heavy atom. The Labute approximate surface area is 126 Å². The minimum atomic E-state index is -0.669. The number of nitrogens with one attached hydrogen (secondary N) is 1. The highest BCUT2D eigenvalue weighted by Crippen LogP contribution is 2.08. The number of carbonyl (C=O) groups excluding carboxylic acids is 2. The van der Waals surface area contributed by atoms with E-state index in [1.807, 2.05) is 53.4 Å². The molecule has 0 amide bonds. The van der Waals surface area contributed by atoms with E-state index in [2.05, 4.69) is 15.2 Å². The lowest BCUT2D eigenvalue weighted by atomic mass is 10.1. The first kappa shape index (κ1) is 13.9. The SMILES string of the molecule is O=C(Cc1ccn(Cc2ccccc2)c1)C(=O)c1nc[nH]n1. The maximum absolute atomic E-state index is 11.9. The molecule has 22 heavy (non-hydrogen) atoms. The van der Waals surface area contributed by atoms with E-state index < -0.39 is 11.6 Å². The van der Waals surface area contributed by atoms with Crippen LogP contribution in [-0.4, -0.2) is 31.3 Å². The Kier molecular flexibility index (Phi) is 3.91. The molecule has 110 valence electrons. The molecular weight excluding hydrogens is 280 g/mol. The zero-order chi connectivity index (χ0) is 15.4. The highest BCUT2D eigenvalue weighted by atomic mass is 16.2. The van der Waals surface area contributed by atoms with E-state index in [0.29, 0.717) is 0 Å². The van der Waals surface area contributed by atoms with E-state index in [-0.39, 0.29) is 12.2 Å². The zero-order valence-corrected chi connectivity index (χ0v) is 11.8. The minimum Gasteiger partial charge on any atom is -0.350 e. The van der Waals surface area contributed by atoms with Crippen molar-refractivity contribution in [2.75, 3.05) is 0 Å². The van der Waals surface area contributed by atoms with Crippen molar-refractivity contribution in [2.45, 2.75) is 13.0 Å². The monoisotopic (exact) mass is 294 g/mol. The van der Waals surface area contributed by atoms with Crippen molar-refractivity contribution in [1.82, 2.24) is 19.7 Å². The van der Waals surface area contributed by atoms with Crippen molar-refractivity contribution in [3.63, 3.8) is 0 Å². The molecule has 1 aromatic carbocycles. The maximum atomic E-state index is 11.9. The molecule has 0 atom stereocenters. The van der Waals surface area contributed by atoms with Crippen LogP contribution in [0.15, 0.2) is 55.1 Å². The molecule has 6 nitrogen and oxygen atoms in total. The van der Waals surface area contributed by atoms with Gasteiger partial charge in [-0.2, -0.15) is 0 Å². The highest BCUT2D eigenvalue weighted by molar-refractivity contribution is 6.43. The third kappa shape index (κ3) is 3.17. The van der Waals surface area contributed by atoms with Gasteiger partial charge in [0.05, 0.1) is 0 Å². The molecule has 1 N–H and O–H groups in total. The first-order valence-corrected chi connectivity index (χ1v) is 6.84. The number of aromatic amines is 1. The van der Waals surface area contributed by atoms with Crippen molar-refractivity contribution in [3.8, 4) is 0 Å². The quantitative estimate of drug-likeness (QED) is 0.553. The van der Waals surface area contributed by atoms with Gasteiger partial charge in [-0.1, -0.05) is 30.3 Å². The van der Waals surface area contributed by atoms with Crippen LogP contribution in [0.3, 0.4) is 0 Å². The lowest BCUT2D eigenvalue weighted by Crippen LogP contribution is -2.18. The smallest absolute Gasteiger partial charge is 0.267 e. The van der Waals surface area contributed by atoms with Gasteiger partial charge in [-0.05, 0) is 17.2 Å². The number of ketones is 2. The summed E-state index contributed by atoms with van der Waals surface area (Å²) in [7, 11) is 0. The fraction of sp³-hybridized carbons (Fsp3) is 0.125. The largest absolute Gasteiger partial charge is 0.350 e. The molecule has 0 aliphatic heterocycles. The van der Waals surface area contributed by atoms with Gasteiger partial charge >= 0.3 is 0 Å². The third-order valence-corrected chi connectivity index (χ3v) is 3.26. The van der Waals surface area contributed by atoms with Gasteiger partial charge in [0.25, 0.3) is 5.78 Å². The van der Waals surface area contributed by atoms with Gasteiger partial charge in [0.2, 0.25) is 11.6 Å². The molecule has 0 radical (unpaired) electrons. The molecule has 0 saturated carbocycles. The van der Waals surface area contributed by atoms with E-state index in [4.69, 9.17) is 0 Å². The summed E-state index contributed by atoms with van der Waals surface area (Å²) in [6.07, 6.45) is 5.09. The van der Waals surface area contributed by atoms with Gasteiger partial charge in [0.15, 0.2) is 0 Å². The van der Waals surface area contributed by atoms with Crippen LogP contribution in [0.1, 0.15) is 21.7 Å². The Hall–Kier alpha value is -3.02. The second-order valence-electron chi connectivity index (χ2n) is 4.93. The van der Waals surface area contributed by atoms with E-state index in [1.54, 1.807) is 0 Å². The first-order chi connectivity index (χ1) is 10.7. The molecule has 0 fully saturated rings. The molecule has 0 saturated heterocycles. The summed E-state index contributed by atoms with van der Waals surface area (Å²) in [6, 6.07) is 11.9. The van der Waals surface area contributed by atoms with Gasteiger partial charge in [-0.25, -0.2) is 4.98 Å². The van der Waals surface area contributed by atoms with Crippen LogP contribution in [0.2, 0.25) is 0 Å². The minimum absolute atomic E-state index is 0.0508. The molecule has 0 aliphatic carbocycles. The van der Waals surface area contributed by atoms with Crippen molar-refractivity contribution >= 4 is 11.6 Å². The Bertz CT molecular complexity index is 776. The van der Waals surface area contributed by atoms with Gasteiger partial charge < -0.3 is 4.57 Å². The van der Waals surface area contributed by atoms with Crippen LogP contribution in [-0.2, 0) is 17.8 Å². The summed E-state index contributed by atoms with van der Waals surface area (Å²) >= 11 is 0. The summed E-state index contributed by atoms with van der Waals surface area (Å²) < 4.78 is 1.98. The number of aromatic nitrogens is 4. The lowest BCUT2D eigenvalue weighted by molar-refractivity contribution is -0.114. The second-order valence-corrected chi connectivity index (χ2v) is 4.93. The molecule has 0 spiro atoms. The number of carbonyl (C=O) groups is 2. The fourth-order valence-electron chi connectivity index (χ4n) is 2.20. The van der Waals surface area contributed by atoms with E-state index in [1.165, 1.54) is 11.9 Å². The van der Waals surface area contributed by atoms with E-state index in [9.17, 15) is 9.59 Å². The molecular formula is C16H14N4O2. The van der Waals surface area contributed by atoms with Crippen LogP contribution < -0.4 is 0 Å². The van der Waals surface area contributed by atoms with Gasteiger partial charge in [0, 0.05) is 25.4 Å². The molecule has 2 heterocycles. The number of nitrogens with zero attached hydrogens (tertiary/aromatic N) is 3. The van der Waals surface area contributed by atoms with Gasteiger partial charge in [-0.15, -0.1) is 5.10 Å². The number of Topliss-reactive ketones (excluding diaryl/α,β-unsaturated/α-hetero) is 2. The van der Waals surface area contributed by atoms with Crippen LogP contribution in [0.25, 0.3) is 0 Å². The molecule has 3 aromatic rings. The predicted octanol–water partition coefficient (Wildman–Crippen LogP) is 1.65. The Morgan fingerprint density at radius 2 is 1.91 bits per heavy atom. The molecule has 0 aliphatic rings. The predicted molar refractivity (Wildman–Crippen MR) is 79.4 cm³/mol. The number of H-pyrrole nitrogens is 1. The molecule has 0 bridgehead atoms. The van der Waals surface area contributed by atoms with Crippen molar-refractivity contribution < 1.29 is 9.59 Å². The summed E-state index contributed by atoms with van der Waals surface area (Å²) in [6.45, 7) is 0.726. The third-order valence-electron chi connectivity index (χ3n) is 3.26. The number of rotatable bonds is 6. The molecule has 0 unspecified atom stereocenters. The molecule has 6 heteroatoms. The average Bonchev–Trinajstić information content (AvgIpc) is 3.19. The highest BCUT2D eigenvalue weighted by Gasteiger charge is 2.20. The van der Waals surface area contributed by atoms with Crippen molar-refractivity contribution in [3.05, 3.63) is 72.1 Å². The van der Waals surface area contributed by atoms with Crippen LogP contribution in [0.4, 0.5) is 0 Å². The van der Waals surface area contributed by atoms with Crippen molar-refractivity contribution in [1.29, 1.82) is 0 Å². The topological polar surface area (TPSA) is 80.6 Å². The lowest BCUT2D eigenvalue weighted by Gasteiger charge is -2.02. The maximum Gasteiger partial charge on any atom is 0.267 e. The summed E-state index contributed by atoms with van der Waals surface area (Å²) in [5, 5.41) is 6.05. The van der Waals surface area contributed by atoms with Gasteiger partial charge in [0.1, 0.15) is 6.33 Å². The van der Waals surface area contributed by atoms with E-state index >= 15 is 0 Å². The number of benzene rings is 1. The summed E-state index contributed by atoms with van der Waals surface area (Å²) in [4.78, 5) is 27.4. The average molecular weight is 294 g/mol. The standard InChI is InChI=1S/C16H14N4O2/c21-14(15(22)16-17-11-18-19-16)8-13-6-7-20(10-13)9-12-4-2-1-3-5-12/h1-7,10-11H,8-9H2,(H,17,18,19). The molecule has 3 rings (SSSR count). The Balaban J connectivity index is 1.64. The normalized spacial score (nSPS) is 10.5. The van der Waals surface area contributed by atoms with Crippen LogP contribution in [0, 0.1) is 0 Å². The number of hydrogen-bond donors (Lipinski definition) is 1. The van der Waals surface area contributed by atoms with E-state index in [0.717, 1.165) is 12.1 Å². The summed E-state index contributed by atoms with van der Waals surface area (Å²) in [5.74, 6) is -1.28. The zero-order valence-electron chi connectivity index (χ0n) is 11.8. The van der Waals surface area contributed by atoms with Crippen molar-refractivity contribution in [2.24, 2.45) is 0 Å².